The van der Waals surface area contributed by atoms with Gasteiger partial charge in [0.2, 0.25) is 0 Å². The lowest BCUT2D eigenvalue weighted by molar-refractivity contribution is 0.0945. The highest BCUT2D eigenvalue weighted by atomic mass is 16.1. The molecule has 3 aromatic rings. The molecule has 0 aliphatic heterocycles. The van der Waals surface area contributed by atoms with Crippen LogP contribution in [0, 0.1) is 11.3 Å². The van der Waals surface area contributed by atoms with E-state index in [2.05, 4.69) is 31.9 Å². The van der Waals surface area contributed by atoms with Gasteiger partial charge in [-0.1, -0.05) is 6.07 Å². The van der Waals surface area contributed by atoms with E-state index in [-0.39, 0.29) is 11.6 Å². The van der Waals surface area contributed by atoms with Crippen molar-refractivity contribution in [3.05, 3.63) is 77.7 Å². The summed E-state index contributed by atoms with van der Waals surface area (Å²) in [5.74, 6) is 0.183. The molecule has 0 atom stereocenters. The average molecular weight is 330 g/mol. The van der Waals surface area contributed by atoms with Crippen LogP contribution in [-0.2, 0) is 6.54 Å². The number of aromatic nitrogens is 3. The summed E-state index contributed by atoms with van der Waals surface area (Å²) in [6.45, 7) is 0.393. The Morgan fingerprint density at radius 2 is 1.92 bits per heavy atom. The van der Waals surface area contributed by atoms with Gasteiger partial charge in [-0.15, -0.1) is 10.2 Å². The number of carbonyl (C=O) groups is 1. The largest absolute Gasteiger partial charge is 0.347 e. The van der Waals surface area contributed by atoms with Crippen molar-refractivity contribution in [2.75, 3.05) is 5.32 Å². The van der Waals surface area contributed by atoms with Crippen LogP contribution in [0.15, 0.2) is 60.9 Å². The second-order valence-electron chi connectivity index (χ2n) is 5.16. The maximum Gasteiger partial charge on any atom is 0.272 e. The Hall–Kier alpha value is -3.79. The Kier molecular flexibility index (Phi) is 4.93. The number of nitrogens with zero attached hydrogens (tertiary/aromatic N) is 4. The van der Waals surface area contributed by atoms with Gasteiger partial charge >= 0.3 is 0 Å². The van der Waals surface area contributed by atoms with Gasteiger partial charge in [0.1, 0.15) is 0 Å². The van der Waals surface area contributed by atoms with E-state index in [1.165, 1.54) is 0 Å². The first kappa shape index (κ1) is 16.1. The zero-order valence-corrected chi connectivity index (χ0v) is 13.2. The minimum absolute atomic E-state index is 0.227. The minimum atomic E-state index is -0.303. The van der Waals surface area contributed by atoms with Crippen LogP contribution in [-0.4, -0.2) is 21.1 Å². The number of hydrogen-bond acceptors (Lipinski definition) is 6. The van der Waals surface area contributed by atoms with Gasteiger partial charge in [0.05, 0.1) is 11.6 Å². The molecule has 1 amide bonds. The zero-order valence-electron chi connectivity index (χ0n) is 13.2. The molecule has 0 bridgehead atoms. The van der Waals surface area contributed by atoms with Gasteiger partial charge in [-0.25, -0.2) is 0 Å². The molecule has 0 spiro atoms. The first-order valence-corrected chi connectivity index (χ1v) is 7.52. The van der Waals surface area contributed by atoms with Crippen molar-refractivity contribution < 1.29 is 4.79 Å². The molecule has 7 heteroatoms. The van der Waals surface area contributed by atoms with Gasteiger partial charge in [0.15, 0.2) is 11.5 Å². The number of nitrogens with one attached hydrogen (secondary N) is 2. The van der Waals surface area contributed by atoms with Gasteiger partial charge in [0.25, 0.3) is 5.91 Å². The monoisotopic (exact) mass is 330 g/mol. The quantitative estimate of drug-likeness (QED) is 0.744. The number of rotatable bonds is 5. The SMILES string of the molecule is N#Cc1cccc(Nc2ccc(C(=O)NCc3ccncc3)nn2)c1. The summed E-state index contributed by atoms with van der Waals surface area (Å²) in [5.41, 5.74) is 2.45. The van der Waals surface area contributed by atoms with Crippen molar-refractivity contribution in [1.82, 2.24) is 20.5 Å². The first-order valence-electron chi connectivity index (χ1n) is 7.52. The summed E-state index contributed by atoms with van der Waals surface area (Å²) in [6, 6.07) is 16.0. The molecular weight excluding hydrogens is 316 g/mol. The predicted octanol–water partition coefficient (Wildman–Crippen LogP) is 2.42. The highest BCUT2D eigenvalue weighted by Crippen LogP contribution is 2.15. The first-order chi connectivity index (χ1) is 12.2. The van der Waals surface area contributed by atoms with E-state index in [1.54, 1.807) is 42.7 Å². The Labute approximate surface area is 144 Å². The number of anilines is 2. The third-order valence-corrected chi connectivity index (χ3v) is 3.36. The van der Waals surface area contributed by atoms with E-state index < -0.39 is 0 Å². The molecule has 0 saturated heterocycles. The van der Waals surface area contributed by atoms with Gasteiger partial charge in [-0.3, -0.25) is 9.78 Å². The maximum atomic E-state index is 12.1. The van der Waals surface area contributed by atoms with Gasteiger partial charge < -0.3 is 10.6 Å². The predicted molar refractivity (Wildman–Crippen MR) is 91.9 cm³/mol. The van der Waals surface area contributed by atoms with Crippen LogP contribution in [0.2, 0.25) is 0 Å². The molecule has 3 rings (SSSR count). The van der Waals surface area contributed by atoms with Gasteiger partial charge in [0, 0.05) is 24.6 Å². The summed E-state index contributed by atoms with van der Waals surface area (Å²) in [7, 11) is 0. The fourth-order valence-corrected chi connectivity index (χ4v) is 2.11. The van der Waals surface area contributed by atoms with Crippen LogP contribution < -0.4 is 10.6 Å². The molecule has 0 unspecified atom stereocenters. The Bertz CT molecular complexity index is 903. The van der Waals surface area contributed by atoms with Crippen LogP contribution in [0.1, 0.15) is 21.6 Å². The van der Waals surface area contributed by atoms with E-state index in [4.69, 9.17) is 5.26 Å². The molecule has 1 aromatic carbocycles. The molecule has 0 fully saturated rings. The van der Waals surface area contributed by atoms with Crippen LogP contribution in [0.4, 0.5) is 11.5 Å². The van der Waals surface area contributed by atoms with Crippen molar-refractivity contribution in [2.45, 2.75) is 6.54 Å². The molecule has 2 aromatic heterocycles. The number of benzene rings is 1. The molecule has 122 valence electrons. The van der Waals surface area contributed by atoms with Crippen molar-refractivity contribution in [2.24, 2.45) is 0 Å². The van der Waals surface area contributed by atoms with Gasteiger partial charge in [-0.2, -0.15) is 5.26 Å². The molecule has 25 heavy (non-hydrogen) atoms. The average Bonchev–Trinajstić information content (AvgIpc) is 2.67. The summed E-state index contributed by atoms with van der Waals surface area (Å²) < 4.78 is 0. The lowest BCUT2D eigenvalue weighted by Crippen LogP contribution is -2.24. The van der Waals surface area contributed by atoms with Crippen LogP contribution in [0.25, 0.3) is 0 Å². The maximum absolute atomic E-state index is 12.1. The zero-order chi connectivity index (χ0) is 17.5. The molecule has 0 aliphatic carbocycles. The van der Waals surface area contributed by atoms with E-state index >= 15 is 0 Å². The molecule has 0 aliphatic rings. The lowest BCUT2D eigenvalue weighted by atomic mass is 10.2. The smallest absolute Gasteiger partial charge is 0.272 e. The molecule has 2 heterocycles. The minimum Gasteiger partial charge on any atom is -0.347 e. The molecule has 2 N–H and O–H groups in total. The van der Waals surface area contributed by atoms with Crippen molar-refractivity contribution in [1.29, 1.82) is 5.26 Å². The summed E-state index contributed by atoms with van der Waals surface area (Å²) in [4.78, 5) is 16.0. The topological polar surface area (TPSA) is 104 Å². The highest BCUT2D eigenvalue weighted by Gasteiger charge is 2.08. The van der Waals surface area contributed by atoms with Crippen LogP contribution in [0.5, 0.6) is 0 Å². The van der Waals surface area contributed by atoms with Crippen molar-refractivity contribution in [3.63, 3.8) is 0 Å². The third-order valence-electron chi connectivity index (χ3n) is 3.36. The molecular formula is C18H14N6O. The number of pyridine rings is 1. The van der Waals surface area contributed by atoms with Gasteiger partial charge in [-0.05, 0) is 48.0 Å². The Morgan fingerprint density at radius 3 is 2.64 bits per heavy atom. The number of nitriles is 1. The van der Waals surface area contributed by atoms with Crippen molar-refractivity contribution >= 4 is 17.4 Å². The van der Waals surface area contributed by atoms with Crippen molar-refractivity contribution in [3.8, 4) is 6.07 Å². The summed E-state index contributed by atoms with van der Waals surface area (Å²) >= 11 is 0. The van der Waals surface area contributed by atoms with E-state index in [1.807, 2.05) is 18.2 Å². The third kappa shape index (κ3) is 4.36. The standard InChI is InChI=1S/C18H14N6O/c19-11-14-2-1-3-15(10-14)22-17-5-4-16(23-24-17)18(25)21-12-13-6-8-20-9-7-13/h1-10H,12H2,(H,21,25)(H,22,24). The molecule has 0 saturated carbocycles. The Morgan fingerprint density at radius 1 is 1.08 bits per heavy atom. The van der Waals surface area contributed by atoms with Crippen LogP contribution in [0.3, 0.4) is 0 Å². The fraction of sp³-hybridized carbons (Fsp3) is 0.0556. The lowest BCUT2D eigenvalue weighted by Gasteiger charge is -2.07. The fourth-order valence-electron chi connectivity index (χ4n) is 2.11. The second kappa shape index (κ2) is 7.66. The number of amides is 1. The number of hydrogen-bond donors (Lipinski definition) is 2. The Balaban J connectivity index is 1.61. The van der Waals surface area contributed by atoms with E-state index in [9.17, 15) is 4.79 Å². The normalized spacial score (nSPS) is 9.88. The van der Waals surface area contributed by atoms with Crippen LogP contribution >= 0.6 is 0 Å². The highest BCUT2D eigenvalue weighted by molar-refractivity contribution is 5.92. The van der Waals surface area contributed by atoms with E-state index in [0.29, 0.717) is 17.9 Å². The molecule has 7 nitrogen and oxygen atoms in total. The van der Waals surface area contributed by atoms with E-state index in [0.717, 1.165) is 11.3 Å². The number of carbonyl (C=O) groups excluding carboxylic acids is 1. The summed E-state index contributed by atoms with van der Waals surface area (Å²) in [5, 5.41) is 22.6. The second-order valence-corrected chi connectivity index (χ2v) is 5.16. The summed E-state index contributed by atoms with van der Waals surface area (Å²) in [6.07, 6.45) is 3.34. The molecule has 0 radical (unpaired) electrons.